The van der Waals surface area contributed by atoms with Crippen LogP contribution >= 0.6 is 0 Å². The molecule has 6 rings (SSSR count). The zero-order valence-corrected chi connectivity index (χ0v) is 29.4. The molecule has 0 aromatic heterocycles. The largest absolute Gasteiger partial charge is 0.436 e. The van der Waals surface area contributed by atoms with Crippen molar-refractivity contribution in [3.8, 4) is 0 Å². The molecule has 10 unspecified atom stereocenters. The molecule has 2 saturated carbocycles. The molecule has 4 fully saturated rings. The number of amides is 4. The number of imide groups is 2. The average Bonchev–Trinajstić information content (AvgIpc) is 3.94. The Labute approximate surface area is 294 Å². The summed E-state index contributed by atoms with van der Waals surface area (Å²) in [5, 5.41) is 0. The van der Waals surface area contributed by atoms with Crippen LogP contribution in [0.3, 0.4) is 0 Å². The number of carbonyl (C=O) groups excluding carboxylic acids is 6. The second-order valence-corrected chi connectivity index (χ2v) is 14.8. The Kier molecular flexibility index (Phi) is 11.9. The first-order chi connectivity index (χ1) is 24.1. The van der Waals surface area contributed by atoms with Gasteiger partial charge >= 0.3 is 11.9 Å². The van der Waals surface area contributed by atoms with Crippen molar-refractivity contribution in [1.29, 1.82) is 0 Å². The maximum Gasteiger partial charge on any atom is 0.308 e. The van der Waals surface area contributed by atoms with Crippen LogP contribution in [-0.4, -0.2) is 84.3 Å². The van der Waals surface area contributed by atoms with Gasteiger partial charge in [0.05, 0.1) is 36.9 Å². The highest BCUT2D eigenvalue weighted by Crippen LogP contribution is 2.53. The third-order valence-corrected chi connectivity index (χ3v) is 11.5. The number of fused-ring (bicyclic) bond motifs is 10. The molecular weight excluding hydrogens is 644 g/mol. The third-order valence-electron chi connectivity index (χ3n) is 11.5. The standard InChI is InChI=1S/C38H52N2O10/c1-23(49-29(41)11-5-3-7-17-39-35(43)31-25-13-14-26(21-25)32(31)36(39)44)47-19-9-10-20-48-24(2)50-30(42)12-6-4-8-18-40-37(45)33-27-15-16-28(22-27)34(33)38(40)46/h13-16,23-28,31-34H,3-12,17-22H2,1-2H3. The van der Waals surface area contributed by atoms with Gasteiger partial charge in [-0.05, 0) is 88.9 Å². The molecular formula is C38H52N2O10. The fraction of sp³-hybridized carbons (Fsp3) is 0.737. The Balaban J connectivity index is 0.718. The molecule has 274 valence electrons. The van der Waals surface area contributed by atoms with Crippen LogP contribution in [0.15, 0.2) is 24.3 Å². The van der Waals surface area contributed by atoms with E-state index in [1.807, 2.05) is 0 Å². The van der Waals surface area contributed by atoms with Crippen molar-refractivity contribution >= 4 is 35.6 Å². The SMILES string of the molecule is CC(OCCCCOC(C)OC(=O)CCCCCN1C(=O)C2C3C=CC(C3)C2C1=O)OC(=O)CCCCCN1C(=O)C2C3C=CC(C3)C2C1=O. The van der Waals surface area contributed by atoms with E-state index in [0.29, 0.717) is 64.8 Å². The molecule has 2 saturated heterocycles. The first kappa shape index (κ1) is 36.4. The Hall–Kier alpha value is -3.38. The van der Waals surface area contributed by atoms with Gasteiger partial charge in [-0.3, -0.25) is 38.6 Å². The van der Waals surface area contributed by atoms with E-state index in [4.69, 9.17) is 18.9 Å². The number of likely N-dealkylation sites (tertiary alicyclic amines) is 2. The summed E-state index contributed by atoms with van der Waals surface area (Å²) in [6, 6.07) is 0. The number of esters is 2. The van der Waals surface area contributed by atoms with Gasteiger partial charge in [-0.1, -0.05) is 37.1 Å². The lowest BCUT2D eigenvalue weighted by Gasteiger charge is -2.17. The van der Waals surface area contributed by atoms with Crippen LogP contribution in [0.2, 0.25) is 0 Å². The Morgan fingerprint density at radius 3 is 1.24 bits per heavy atom. The van der Waals surface area contributed by atoms with Crippen molar-refractivity contribution in [1.82, 2.24) is 9.80 Å². The molecule has 0 aromatic carbocycles. The van der Waals surface area contributed by atoms with Crippen molar-refractivity contribution < 1.29 is 47.7 Å². The molecule has 0 spiro atoms. The van der Waals surface area contributed by atoms with Crippen LogP contribution in [0.5, 0.6) is 0 Å². The minimum atomic E-state index is -0.671. The molecule has 4 aliphatic carbocycles. The molecule has 2 aliphatic heterocycles. The number of rotatable bonds is 21. The van der Waals surface area contributed by atoms with Gasteiger partial charge in [0.25, 0.3) is 0 Å². The highest BCUT2D eigenvalue weighted by Gasteiger charge is 2.60. The molecule has 50 heavy (non-hydrogen) atoms. The maximum atomic E-state index is 12.8. The van der Waals surface area contributed by atoms with E-state index in [2.05, 4.69) is 24.3 Å². The summed E-state index contributed by atoms with van der Waals surface area (Å²) in [6.45, 7) is 4.95. The van der Waals surface area contributed by atoms with E-state index in [-0.39, 0.29) is 95.8 Å². The van der Waals surface area contributed by atoms with Gasteiger partial charge in [0.15, 0.2) is 12.6 Å². The van der Waals surface area contributed by atoms with Crippen molar-refractivity contribution in [3.63, 3.8) is 0 Å². The van der Waals surface area contributed by atoms with Gasteiger partial charge < -0.3 is 18.9 Å². The number of allylic oxidation sites excluding steroid dienone is 4. The van der Waals surface area contributed by atoms with Gasteiger partial charge in [-0.25, -0.2) is 0 Å². The first-order valence-electron chi connectivity index (χ1n) is 18.8. The van der Waals surface area contributed by atoms with Crippen LogP contribution < -0.4 is 0 Å². The maximum absolute atomic E-state index is 12.8. The van der Waals surface area contributed by atoms with Gasteiger partial charge in [0, 0.05) is 25.9 Å². The number of nitrogens with zero attached hydrogens (tertiary/aromatic N) is 2. The van der Waals surface area contributed by atoms with Gasteiger partial charge in [0.1, 0.15) is 0 Å². The third kappa shape index (κ3) is 7.91. The molecule has 0 aromatic rings. The normalized spacial score (nSPS) is 31.2. The van der Waals surface area contributed by atoms with Crippen LogP contribution in [0.4, 0.5) is 0 Å². The van der Waals surface area contributed by atoms with Crippen molar-refractivity contribution in [2.45, 2.75) is 103 Å². The zero-order valence-electron chi connectivity index (χ0n) is 29.4. The highest BCUT2D eigenvalue weighted by molar-refractivity contribution is 6.07. The molecule has 4 bridgehead atoms. The molecule has 12 heteroatoms. The summed E-state index contributed by atoms with van der Waals surface area (Å²) in [5.74, 6) is -0.543. The summed E-state index contributed by atoms with van der Waals surface area (Å²) in [4.78, 5) is 78.3. The minimum Gasteiger partial charge on any atom is -0.436 e. The summed E-state index contributed by atoms with van der Waals surface area (Å²) >= 11 is 0. The quantitative estimate of drug-likeness (QED) is 0.0560. The van der Waals surface area contributed by atoms with E-state index in [9.17, 15) is 28.8 Å². The molecule has 0 N–H and O–H groups in total. The molecule has 10 atom stereocenters. The Morgan fingerprint density at radius 2 is 0.900 bits per heavy atom. The molecule has 2 heterocycles. The van der Waals surface area contributed by atoms with Crippen LogP contribution in [0.1, 0.15) is 90.9 Å². The topological polar surface area (TPSA) is 146 Å². The Bertz CT molecular complexity index is 1210. The zero-order chi connectivity index (χ0) is 35.4. The average molecular weight is 697 g/mol. The lowest BCUT2D eigenvalue weighted by Crippen LogP contribution is -2.33. The van der Waals surface area contributed by atoms with E-state index in [1.165, 1.54) is 9.80 Å². The van der Waals surface area contributed by atoms with Crippen molar-refractivity contribution in [2.24, 2.45) is 47.3 Å². The van der Waals surface area contributed by atoms with Crippen LogP contribution in [-0.2, 0) is 47.7 Å². The fourth-order valence-electron chi connectivity index (χ4n) is 9.06. The molecule has 6 aliphatic rings. The highest BCUT2D eigenvalue weighted by atomic mass is 16.7. The summed E-state index contributed by atoms with van der Waals surface area (Å²) in [6.07, 6.45) is 14.8. The Morgan fingerprint density at radius 1 is 0.560 bits per heavy atom. The van der Waals surface area contributed by atoms with Crippen molar-refractivity contribution in [3.05, 3.63) is 24.3 Å². The second-order valence-electron chi connectivity index (χ2n) is 14.8. The van der Waals surface area contributed by atoms with Gasteiger partial charge in [-0.15, -0.1) is 0 Å². The second kappa shape index (κ2) is 16.3. The predicted octanol–water partition coefficient (Wildman–Crippen LogP) is 4.31. The fourth-order valence-corrected chi connectivity index (χ4v) is 9.06. The first-order valence-corrected chi connectivity index (χ1v) is 18.8. The minimum absolute atomic E-state index is 0.0228. The van der Waals surface area contributed by atoms with Gasteiger partial charge in [0.2, 0.25) is 23.6 Å². The van der Waals surface area contributed by atoms with Crippen molar-refractivity contribution in [2.75, 3.05) is 26.3 Å². The number of ether oxygens (including phenoxy) is 4. The summed E-state index contributed by atoms with van der Waals surface area (Å²) in [7, 11) is 0. The number of unbranched alkanes of at least 4 members (excludes halogenated alkanes) is 5. The van der Waals surface area contributed by atoms with Crippen LogP contribution in [0, 0.1) is 47.3 Å². The molecule has 4 amide bonds. The summed E-state index contributed by atoms with van der Waals surface area (Å²) < 4.78 is 21.8. The van der Waals surface area contributed by atoms with Gasteiger partial charge in [-0.2, -0.15) is 0 Å². The molecule has 0 radical (unpaired) electrons. The lowest BCUT2D eigenvalue weighted by molar-refractivity contribution is -0.178. The number of hydrogen-bond acceptors (Lipinski definition) is 10. The summed E-state index contributed by atoms with van der Waals surface area (Å²) in [5.41, 5.74) is 0. The van der Waals surface area contributed by atoms with Crippen LogP contribution in [0.25, 0.3) is 0 Å². The monoisotopic (exact) mass is 696 g/mol. The predicted molar refractivity (Wildman–Crippen MR) is 178 cm³/mol. The lowest BCUT2D eigenvalue weighted by atomic mass is 9.85. The van der Waals surface area contributed by atoms with E-state index in [1.54, 1.807) is 13.8 Å². The number of carbonyl (C=O) groups is 6. The van der Waals surface area contributed by atoms with E-state index >= 15 is 0 Å². The smallest absolute Gasteiger partial charge is 0.308 e. The van der Waals surface area contributed by atoms with E-state index < -0.39 is 12.6 Å². The molecule has 12 nitrogen and oxygen atoms in total. The number of hydrogen-bond donors (Lipinski definition) is 0. The van der Waals surface area contributed by atoms with E-state index in [0.717, 1.165) is 25.7 Å².